The van der Waals surface area contributed by atoms with Crippen molar-refractivity contribution in [3.05, 3.63) is 132 Å². The lowest BCUT2D eigenvalue weighted by Crippen LogP contribution is -2.19. The van der Waals surface area contributed by atoms with Crippen molar-refractivity contribution in [2.75, 3.05) is 10.6 Å². The van der Waals surface area contributed by atoms with Gasteiger partial charge in [-0.2, -0.15) is 0 Å². The molecule has 0 aliphatic carbocycles. The summed E-state index contributed by atoms with van der Waals surface area (Å²) in [6.45, 7) is 0. The molecule has 4 aromatic carbocycles. The van der Waals surface area contributed by atoms with Crippen molar-refractivity contribution in [2.24, 2.45) is 0 Å². The van der Waals surface area contributed by atoms with Gasteiger partial charge in [0.15, 0.2) is 0 Å². The molecule has 7 heteroatoms. The topological polar surface area (TPSA) is 71.1 Å². The Labute approximate surface area is 223 Å². The van der Waals surface area contributed by atoms with Crippen LogP contribution >= 0.6 is 23.4 Å². The van der Waals surface area contributed by atoms with E-state index in [0.717, 1.165) is 21.2 Å². The number of hydrogen-bond acceptors (Lipinski definition) is 4. The molecule has 0 saturated heterocycles. The molecule has 1 heterocycles. The molecular weight excluding hydrogens is 502 g/mol. The number of benzene rings is 4. The van der Waals surface area contributed by atoms with E-state index in [-0.39, 0.29) is 11.8 Å². The van der Waals surface area contributed by atoms with Gasteiger partial charge in [-0.25, -0.2) is 4.98 Å². The highest BCUT2D eigenvalue weighted by atomic mass is 35.5. The zero-order valence-electron chi connectivity index (χ0n) is 19.6. The number of rotatable bonds is 7. The molecular formula is C30H22ClN3O2S. The molecule has 0 aliphatic rings. The number of nitrogens with zero attached hydrogens (tertiary/aromatic N) is 1. The fraction of sp³-hybridized carbons (Fsp3) is 0.0333. The highest BCUT2D eigenvalue weighted by Crippen LogP contribution is 2.37. The van der Waals surface area contributed by atoms with E-state index in [1.165, 1.54) is 18.0 Å². The Morgan fingerprint density at radius 2 is 1.54 bits per heavy atom. The van der Waals surface area contributed by atoms with Crippen molar-refractivity contribution in [1.82, 2.24) is 4.98 Å². The molecule has 2 amide bonds. The predicted molar refractivity (Wildman–Crippen MR) is 151 cm³/mol. The number of fused-ring (bicyclic) bond motifs is 1. The smallest absolute Gasteiger partial charge is 0.255 e. The molecule has 0 spiro atoms. The quantitative estimate of drug-likeness (QED) is 0.215. The number of pyridine rings is 1. The van der Waals surface area contributed by atoms with Crippen molar-refractivity contribution < 1.29 is 9.59 Å². The maximum Gasteiger partial charge on any atom is 0.255 e. The molecule has 0 radical (unpaired) electrons. The SMILES string of the molecule is O=C(Nc1cccc(SC(C(=O)Nc2ccc(Cl)cn2)c2ccccc2)c1)c1ccc2ccccc2c1. The van der Waals surface area contributed by atoms with Gasteiger partial charge in [-0.3, -0.25) is 9.59 Å². The summed E-state index contributed by atoms with van der Waals surface area (Å²) in [5.74, 6) is 0.0167. The van der Waals surface area contributed by atoms with Crippen LogP contribution in [0, 0.1) is 0 Å². The normalized spacial score (nSPS) is 11.6. The van der Waals surface area contributed by atoms with Gasteiger partial charge in [-0.05, 0) is 58.8 Å². The molecule has 5 aromatic rings. The van der Waals surface area contributed by atoms with Gasteiger partial charge in [0.1, 0.15) is 11.1 Å². The summed E-state index contributed by atoms with van der Waals surface area (Å²) in [4.78, 5) is 31.2. The fourth-order valence-corrected chi connectivity index (χ4v) is 5.05. The molecule has 182 valence electrons. The first-order valence-corrected chi connectivity index (χ1v) is 12.9. The maximum atomic E-state index is 13.3. The summed E-state index contributed by atoms with van der Waals surface area (Å²) in [7, 11) is 0. The fourth-order valence-electron chi connectivity index (χ4n) is 3.86. The molecule has 0 saturated carbocycles. The van der Waals surface area contributed by atoms with Gasteiger partial charge in [0.2, 0.25) is 5.91 Å². The summed E-state index contributed by atoms with van der Waals surface area (Å²) in [6, 6.07) is 33.9. The van der Waals surface area contributed by atoms with E-state index in [1.807, 2.05) is 97.1 Å². The van der Waals surface area contributed by atoms with Gasteiger partial charge in [0, 0.05) is 22.3 Å². The van der Waals surface area contributed by atoms with Crippen molar-refractivity contribution in [3.8, 4) is 0 Å². The Hall–Kier alpha value is -4.13. The molecule has 0 aliphatic heterocycles. The second-order valence-electron chi connectivity index (χ2n) is 8.30. The average Bonchev–Trinajstić information content (AvgIpc) is 2.93. The third-order valence-electron chi connectivity index (χ3n) is 5.68. The first-order chi connectivity index (χ1) is 18.0. The van der Waals surface area contributed by atoms with Gasteiger partial charge in [-0.1, -0.05) is 78.3 Å². The number of carbonyl (C=O) groups excluding carboxylic acids is 2. The maximum absolute atomic E-state index is 13.3. The highest BCUT2D eigenvalue weighted by molar-refractivity contribution is 8.00. The lowest BCUT2D eigenvalue weighted by Gasteiger charge is -2.17. The third kappa shape index (κ3) is 6.17. The summed E-state index contributed by atoms with van der Waals surface area (Å²) in [5, 5.41) is 7.89. The van der Waals surface area contributed by atoms with E-state index < -0.39 is 5.25 Å². The number of halogens is 1. The zero-order valence-corrected chi connectivity index (χ0v) is 21.2. The summed E-state index contributed by atoms with van der Waals surface area (Å²) in [5.41, 5.74) is 2.08. The number of carbonyl (C=O) groups is 2. The van der Waals surface area contributed by atoms with Crippen LogP contribution in [-0.4, -0.2) is 16.8 Å². The van der Waals surface area contributed by atoms with Crippen LogP contribution in [-0.2, 0) is 4.79 Å². The summed E-state index contributed by atoms with van der Waals surface area (Å²) >= 11 is 7.31. The van der Waals surface area contributed by atoms with Crippen LogP contribution in [0.1, 0.15) is 21.2 Å². The highest BCUT2D eigenvalue weighted by Gasteiger charge is 2.23. The van der Waals surface area contributed by atoms with Crippen LogP contribution < -0.4 is 10.6 Å². The van der Waals surface area contributed by atoms with E-state index in [1.54, 1.807) is 12.1 Å². The van der Waals surface area contributed by atoms with E-state index in [2.05, 4.69) is 15.6 Å². The van der Waals surface area contributed by atoms with Crippen LogP contribution in [0.3, 0.4) is 0 Å². The predicted octanol–water partition coefficient (Wildman–Crippen LogP) is 7.61. The summed E-state index contributed by atoms with van der Waals surface area (Å²) in [6.07, 6.45) is 1.49. The average molecular weight is 524 g/mol. The molecule has 1 unspecified atom stereocenters. The minimum Gasteiger partial charge on any atom is -0.322 e. The number of hydrogen-bond donors (Lipinski definition) is 2. The van der Waals surface area contributed by atoms with Gasteiger partial charge in [0.05, 0.1) is 5.02 Å². The van der Waals surface area contributed by atoms with Crippen molar-refractivity contribution in [1.29, 1.82) is 0 Å². The number of thioether (sulfide) groups is 1. The van der Waals surface area contributed by atoms with Crippen molar-refractivity contribution >= 4 is 57.5 Å². The Balaban J connectivity index is 1.35. The lowest BCUT2D eigenvalue weighted by molar-refractivity contribution is -0.115. The second-order valence-corrected chi connectivity index (χ2v) is 9.92. The number of nitrogens with one attached hydrogen (secondary N) is 2. The van der Waals surface area contributed by atoms with Gasteiger partial charge in [-0.15, -0.1) is 11.8 Å². The standard InChI is InChI=1S/C30H22ClN3O2S/c31-24-15-16-27(32-19-24)34-30(36)28(21-8-2-1-3-9-21)37-26-12-6-11-25(18-26)33-29(35)23-14-13-20-7-4-5-10-22(20)17-23/h1-19,28H,(H,33,35)(H,32,34,36). The van der Waals surface area contributed by atoms with Crippen LogP contribution in [0.5, 0.6) is 0 Å². The third-order valence-corrected chi connectivity index (χ3v) is 7.15. The minimum atomic E-state index is -0.537. The van der Waals surface area contributed by atoms with Crippen molar-refractivity contribution in [3.63, 3.8) is 0 Å². The van der Waals surface area contributed by atoms with Gasteiger partial charge >= 0.3 is 0 Å². The lowest BCUT2D eigenvalue weighted by atomic mass is 10.1. The number of aromatic nitrogens is 1. The Morgan fingerprint density at radius 1 is 0.757 bits per heavy atom. The molecule has 2 N–H and O–H groups in total. The van der Waals surface area contributed by atoms with Crippen LogP contribution in [0.15, 0.2) is 120 Å². The second kappa shape index (κ2) is 11.3. The van der Waals surface area contributed by atoms with E-state index in [0.29, 0.717) is 22.1 Å². The first-order valence-electron chi connectivity index (χ1n) is 11.6. The van der Waals surface area contributed by atoms with Crippen LogP contribution in [0.25, 0.3) is 10.8 Å². The van der Waals surface area contributed by atoms with E-state index in [9.17, 15) is 9.59 Å². The molecule has 1 atom stereocenters. The summed E-state index contributed by atoms with van der Waals surface area (Å²) < 4.78 is 0. The zero-order chi connectivity index (χ0) is 25.6. The minimum absolute atomic E-state index is 0.195. The first kappa shape index (κ1) is 24.6. The largest absolute Gasteiger partial charge is 0.322 e. The Morgan fingerprint density at radius 3 is 2.32 bits per heavy atom. The molecule has 37 heavy (non-hydrogen) atoms. The van der Waals surface area contributed by atoms with E-state index in [4.69, 9.17) is 11.6 Å². The van der Waals surface area contributed by atoms with Crippen LogP contribution in [0.2, 0.25) is 5.02 Å². The van der Waals surface area contributed by atoms with E-state index >= 15 is 0 Å². The monoisotopic (exact) mass is 523 g/mol. The molecule has 5 nitrogen and oxygen atoms in total. The Bertz CT molecular complexity index is 1560. The van der Waals surface area contributed by atoms with Crippen molar-refractivity contribution in [2.45, 2.75) is 10.1 Å². The number of anilines is 2. The van der Waals surface area contributed by atoms with Gasteiger partial charge < -0.3 is 10.6 Å². The molecule has 0 fully saturated rings. The molecule has 5 rings (SSSR count). The van der Waals surface area contributed by atoms with Gasteiger partial charge in [0.25, 0.3) is 5.91 Å². The molecule has 0 bridgehead atoms. The molecule has 1 aromatic heterocycles. The number of amides is 2. The van der Waals surface area contributed by atoms with Crippen LogP contribution in [0.4, 0.5) is 11.5 Å². The Kier molecular flexibility index (Phi) is 7.49.